The average Bonchev–Trinajstić information content (AvgIpc) is 2.64. The lowest BCUT2D eigenvalue weighted by molar-refractivity contribution is -0.123. The Labute approximate surface area is 154 Å². The quantitative estimate of drug-likeness (QED) is 0.565. The maximum atomic E-state index is 11.8. The van der Waals surface area contributed by atoms with Crippen molar-refractivity contribution < 1.29 is 19.0 Å². The molecule has 6 nitrogen and oxygen atoms in total. The number of hydrogen-bond donors (Lipinski definition) is 1. The number of carbonyl (C=O) groups is 1. The van der Waals surface area contributed by atoms with Crippen LogP contribution in [0.15, 0.2) is 52.0 Å². The van der Waals surface area contributed by atoms with Gasteiger partial charge in [0.1, 0.15) is 5.75 Å². The SMILES string of the molecule is COc1ccc(/C(C)=N\NC(=O)COc2ccc(Br)cc2)cc1OC. The fraction of sp³-hybridized carbons (Fsp3) is 0.222. The minimum absolute atomic E-state index is 0.121. The molecule has 0 saturated heterocycles. The van der Waals surface area contributed by atoms with Crippen LogP contribution >= 0.6 is 15.9 Å². The van der Waals surface area contributed by atoms with Crippen LogP contribution in [0.1, 0.15) is 12.5 Å². The molecule has 0 fully saturated rings. The highest BCUT2D eigenvalue weighted by atomic mass is 79.9. The van der Waals surface area contributed by atoms with Gasteiger partial charge < -0.3 is 14.2 Å². The van der Waals surface area contributed by atoms with Gasteiger partial charge in [0.25, 0.3) is 5.91 Å². The second kappa shape index (κ2) is 9.08. The Morgan fingerprint density at radius 1 is 1.08 bits per heavy atom. The summed E-state index contributed by atoms with van der Waals surface area (Å²) in [5.41, 5.74) is 3.92. The fourth-order valence-corrected chi connectivity index (χ4v) is 2.25. The second-order valence-corrected chi connectivity index (χ2v) is 5.96. The van der Waals surface area contributed by atoms with Crippen molar-refractivity contribution in [3.05, 3.63) is 52.5 Å². The van der Waals surface area contributed by atoms with Crippen molar-refractivity contribution in [1.82, 2.24) is 5.43 Å². The Bertz CT molecular complexity index is 760. The molecule has 2 aromatic rings. The first-order valence-corrected chi connectivity index (χ1v) is 8.26. The summed E-state index contributed by atoms with van der Waals surface area (Å²) in [6.45, 7) is 1.67. The second-order valence-electron chi connectivity index (χ2n) is 5.04. The molecule has 0 aliphatic heterocycles. The predicted molar refractivity (Wildman–Crippen MR) is 99.5 cm³/mol. The number of halogens is 1. The molecule has 2 rings (SSSR count). The van der Waals surface area contributed by atoms with Gasteiger partial charge >= 0.3 is 0 Å². The first-order valence-electron chi connectivity index (χ1n) is 7.47. The van der Waals surface area contributed by atoms with E-state index in [0.717, 1.165) is 10.0 Å². The fourth-order valence-electron chi connectivity index (χ4n) is 1.98. The smallest absolute Gasteiger partial charge is 0.277 e. The zero-order valence-corrected chi connectivity index (χ0v) is 15.8. The zero-order chi connectivity index (χ0) is 18.2. The van der Waals surface area contributed by atoms with E-state index in [9.17, 15) is 4.79 Å². The molecule has 0 unspecified atom stereocenters. The molecule has 25 heavy (non-hydrogen) atoms. The van der Waals surface area contributed by atoms with Crippen molar-refractivity contribution in [1.29, 1.82) is 0 Å². The van der Waals surface area contributed by atoms with E-state index < -0.39 is 0 Å². The van der Waals surface area contributed by atoms with Gasteiger partial charge in [-0.2, -0.15) is 5.10 Å². The number of benzene rings is 2. The van der Waals surface area contributed by atoms with Gasteiger partial charge in [-0.1, -0.05) is 15.9 Å². The summed E-state index contributed by atoms with van der Waals surface area (Å²) in [6, 6.07) is 12.6. The van der Waals surface area contributed by atoms with E-state index in [1.54, 1.807) is 45.4 Å². The monoisotopic (exact) mass is 406 g/mol. The summed E-state index contributed by atoms with van der Waals surface area (Å²) in [5, 5.41) is 4.08. The van der Waals surface area contributed by atoms with Crippen molar-refractivity contribution in [2.45, 2.75) is 6.92 Å². The Morgan fingerprint density at radius 2 is 1.76 bits per heavy atom. The van der Waals surface area contributed by atoms with E-state index >= 15 is 0 Å². The molecule has 0 aliphatic carbocycles. The van der Waals surface area contributed by atoms with E-state index in [2.05, 4.69) is 26.5 Å². The molecule has 132 valence electrons. The molecule has 7 heteroatoms. The molecule has 0 bridgehead atoms. The predicted octanol–water partition coefficient (Wildman–Crippen LogP) is 3.39. The average molecular weight is 407 g/mol. The maximum Gasteiger partial charge on any atom is 0.277 e. The van der Waals surface area contributed by atoms with Crippen molar-refractivity contribution in [3.8, 4) is 17.2 Å². The first-order chi connectivity index (χ1) is 12.0. The van der Waals surface area contributed by atoms with Crippen LogP contribution in [0.4, 0.5) is 0 Å². The number of ether oxygens (including phenoxy) is 3. The number of amides is 1. The molecule has 0 atom stereocenters. The Hall–Kier alpha value is -2.54. The lowest BCUT2D eigenvalue weighted by Gasteiger charge is -2.09. The van der Waals surface area contributed by atoms with Gasteiger partial charge in [-0.15, -0.1) is 0 Å². The summed E-state index contributed by atoms with van der Waals surface area (Å²) < 4.78 is 16.8. The molecule has 1 N–H and O–H groups in total. The third kappa shape index (κ3) is 5.49. The minimum atomic E-state index is -0.345. The number of hydrazone groups is 1. The molecule has 1 amide bonds. The Morgan fingerprint density at radius 3 is 2.40 bits per heavy atom. The normalized spacial score (nSPS) is 11.0. The van der Waals surface area contributed by atoms with Crippen LogP contribution < -0.4 is 19.6 Å². The van der Waals surface area contributed by atoms with E-state index in [4.69, 9.17) is 14.2 Å². The Balaban J connectivity index is 1.93. The van der Waals surface area contributed by atoms with Gasteiger partial charge in [0.2, 0.25) is 0 Å². The lowest BCUT2D eigenvalue weighted by atomic mass is 10.1. The summed E-state index contributed by atoms with van der Waals surface area (Å²) in [6.07, 6.45) is 0. The number of methoxy groups -OCH3 is 2. The van der Waals surface area contributed by atoms with Crippen LogP contribution in [0.25, 0.3) is 0 Å². The molecule has 0 radical (unpaired) electrons. The topological polar surface area (TPSA) is 69.2 Å². The summed E-state index contributed by atoms with van der Waals surface area (Å²) in [4.78, 5) is 11.8. The molecule has 0 aromatic heterocycles. The van der Waals surface area contributed by atoms with E-state index in [1.807, 2.05) is 18.2 Å². The van der Waals surface area contributed by atoms with Crippen molar-refractivity contribution >= 4 is 27.5 Å². The van der Waals surface area contributed by atoms with Crippen molar-refractivity contribution in [2.24, 2.45) is 5.10 Å². The molecule has 0 saturated carbocycles. The lowest BCUT2D eigenvalue weighted by Crippen LogP contribution is -2.25. The van der Waals surface area contributed by atoms with Gasteiger partial charge in [0, 0.05) is 10.0 Å². The van der Waals surface area contributed by atoms with E-state index in [1.165, 1.54) is 0 Å². The molecular weight excluding hydrogens is 388 g/mol. The van der Waals surface area contributed by atoms with Crippen LogP contribution in [0.3, 0.4) is 0 Å². The molecule has 0 spiro atoms. The van der Waals surface area contributed by atoms with Gasteiger partial charge in [-0.3, -0.25) is 4.79 Å². The van der Waals surface area contributed by atoms with Gasteiger partial charge in [-0.25, -0.2) is 5.43 Å². The number of nitrogens with one attached hydrogen (secondary N) is 1. The summed E-state index contributed by atoms with van der Waals surface area (Å²) in [7, 11) is 3.14. The van der Waals surface area contributed by atoms with Gasteiger partial charge in [-0.05, 0) is 49.4 Å². The summed E-state index contributed by atoms with van der Waals surface area (Å²) >= 11 is 3.34. The van der Waals surface area contributed by atoms with Crippen molar-refractivity contribution in [2.75, 3.05) is 20.8 Å². The highest BCUT2D eigenvalue weighted by molar-refractivity contribution is 9.10. The number of rotatable bonds is 7. The highest BCUT2D eigenvalue weighted by Crippen LogP contribution is 2.27. The molecule has 2 aromatic carbocycles. The standard InChI is InChI=1S/C18H19BrN2O4/c1-12(13-4-9-16(23-2)17(10-13)24-3)20-21-18(22)11-25-15-7-5-14(19)6-8-15/h4-10H,11H2,1-3H3,(H,21,22)/b20-12-. The molecule has 0 heterocycles. The Kier molecular flexibility index (Phi) is 6.82. The minimum Gasteiger partial charge on any atom is -0.493 e. The summed E-state index contributed by atoms with van der Waals surface area (Å²) in [5.74, 6) is 1.49. The largest absolute Gasteiger partial charge is 0.493 e. The number of carbonyl (C=O) groups excluding carboxylic acids is 1. The van der Waals surface area contributed by atoms with E-state index in [-0.39, 0.29) is 12.5 Å². The molecular formula is C18H19BrN2O4. The highest BCUT2D eigenvalue weighted by Gasteiger charge is 2.07. The van der Waals surface area contributed by atoms with Crippen LogP contribution in [0.2, 0.25) is 0 Å². The van der Waals surface area contributed by atoms with Gasteiger partial charge in [0.05, 0.1) is 19.9 Å². The van der Waals surface area contributed by atoms with Crippen LogP contribution in [0.5, 0.6) is 17.2 Å². The van der Waals surface area contributed by atoms with Crippen molar-refractivity contribution in [3.63, 3.8) is 0 Å². The number of hydrogen-bond acceptors (Lipinski definition) is 5. The first kappa shape index (κ1) is 18.8. The van der Waals surface area contributed by atoms with Crippen LogP contribution in [0, 0.1) is 0 Å². The van der Waals surface area contributed by atoms with E-state index in [0.29, 0.717) is 23.0 Å². The third-order valence-electron chi connectivity index (χ3n) is 3.33. The van der Waals surface area contributed by atoms with Crippen LogP contribution in [-0.4, -0.2) is 32.4 Å². The molecule has 0 aliphatic rings. The maximum absolute atomic E-state index is 11.8. The van der Waals surface area contributed by atoms with Crippen LogP contribution in [-0.2, 0) is 4.79 Å². The number of nitrogens with zero attached hydrogens (tertiary/aromatic N) is 1. The third-order valence-corrected chi connectivity index (χ3v) is 3.86. The zero-order valence-electron chi connectivity index (χ0n) is 14.2. The van der Waals surface area contributed by atoms with Gasteiger partial charge in [0.15, 0.2) is 18.1 Å².